The number of piperazine rings is 1. The molecule has 2 aliphatic carbocycles. The Bertz CT molecular complexity index is 1240. The zero-order valence-electron chi connectivity index (χ0n) is 27.2. The van der Waals surface area contributed by atoms with Crippen molar-refractivity contribution in [2.75, 3.05) is 52.5 Å². The van der Waals surface area contributed by atoms with Gasteiger partial charge >= 0.3 is 191 Å². The molecule has 2 aromatic rings. The molecule has 0 amide bonds. The van der Waals surface area contributed by atoms with Crippen molar-refractivity contribution in [2.45, 2.75) is 77.3 Å². The van der Waals surface area contributed by atoms with E-state index in [9.17, 15) is 9.70 Å². The Labute approximate surface area is 280 Å². The summed E-state index contributed by atoms with van der Waals surface area (Å²) < 4.78 is 13.9. The molecule has 0 radical (unpaired) electrons. The van der Waals surface area contributed by atoms with E-state index in [4.69, 9.17) is 15.2 Å². The van der Waals surface area contributed by atoms with Gasteiger partial charge in [-0.05, 0) is 37.0 Å². The molecule has 1 saturated heterocycles. The van der Waals surface area contributed by atoms with Gasteiger partial charge in [0.15, 0.2) is 0 Å². The second kappa shape index (κ2) is 17.3. The minimum atomic E-state index is -0.516. The molecule has 1 unspecified atom stereocenters. The van der Waals surface area contributed by atoms with Crippen molar-refractivity contribution in [3.05, 3.63) is 65.6 Å². The number of nitrogens with zero attached hydrogens (tertiary/aromatic N) is 3. The molecule has 3 aliphatic rings. The molecule has 5 rings (SSSR count). The first kappa shape index (κ1) is 34.4. The SMILES string of the molecule is Cc1ccc(N=O)cc1[I-]c1ccccc1[C@@H](C)N1CCN(CCOCCOC(=O)C(N)CC2CCC(C3CCC3)CC2)CC1. The molecule has 0 aromatic heterocycles. The predicted octanol–water partition coefficient (Wildman–Crippen LogP) is 3.08. The average Bonchev–Trinajstić information content (AvgIpc) is 3.04. The molecule has 2 saturated carbocycles. The predicted molar refractivity (Wildman–Crippen MR) is 174 cm³/mol. The molecule has 2 N–H and O–H groups in total. The van der Waals surface area contributed by atoms with Crippen LogP contribution in [0.25, 0.3) is 0 Å². The van der Waals surface area contributed by atoms with Crippen LogP contribution in [0.4, 0.5) is 5.69 Å². The molecular formula is C36H52IN4O4-. The van der Waals surface area contributed by atoms with E-state index < -0.39 is 27.2 Å². The summed E-state index contributed by atoms with van der Waals surface area (Å²) >= 11 is -0.423. The fourth-order valence-electron chi connectivity index (χ4n) is 7.19. The van der Waals surface area contributed by atoms with Gasteiger partial charge < -0.3 is 10.5 Å². The molecule has 2 atom stereocenters. The first-order valence-corrected chi connectivity index (χ1v) is 19.2. The van der Waals surface area contributed by atoms with Crippen LogP contribution in [-0.4, -0.2) is 74.4 Å². The average molecular weight is 732 g/mol. The Morgan fingerprint density at radius 3 is 2.40 bits per heavy atom. The van der Waals surface area contributed by atoms with E-state index in [1.54, 1.807) is 6.07 Å². The van der Waals surface area contributed by atoms with Gasteiger partial charge in [0.2, 0.25) is 0 Å². The number of esters is 1. The van der Waals surface area contributed by atoms with Gasteiger partial charge in [-0.1, -0.05) is 32.1 Å². The summed E-state index contributed by atoms with van der Waals surface area (Å²) in [5, 5.41) is 3.15. The number of carbonyl (C=O) groups is 1. The fraction of sp³-hybridized carbons (Fsp3) is 0.639. The van der Waals surface area contributed by atoms with Gasteiger partial charge in [-0.3, -0.25) is 4.79 Å². The zero-order chi connectivity index (χ0) is 31.6. The van der Waals surface area contributed by atoms with Gasteiger partial charge in [-0.25, -0.2) is 0 Å². The normalized spacial score (nSPS) is 22.9. The molecule has 1 aliphatic heterocycles. The zero-order valence-corrected chi connectivity index (χ0v) is 29.3. The van der Waals surface area contributed by atoms with Crippen LogP contribution in [0.2, 0.25) is 0 Å². The monoisotopic (exact) mass is 731 g/mol. The summed E-state index contributed by atoms with van der Waals surface area (Å²) in [6, 6.07) is 14.3. The number of ether oxygens (including phenoxy) is 2. The molecule has 9 heteroatoms. The number of halogens is 1. The Kier molecular flexibility index (Phi) is 13.2. The fourth-order valence-corrected chi connectivity index (χ4v) is 10.2. The summed E-state index contributed by atoms with van der Waals surface area (Å²) in [4.78, 5) is 28.6. The van der Waals surface area contributed by atoms with Crippen molar-refractivity contribution in [2.24, 2.45) is 28.7 Å². The summed E-state index contributed by atoms with van der Waals surface area (Å²) in [7, 11) is 0. The molecule has 0 spiro atoms. The third-order valence-electron chi connectivity index (χ3n) is 10.4. The Morgan fingerprint density at radius 2 is 1.69 bits per heavy atom. The van der Waals surface area contributed by atoms with Gasteiger partial charge in [0.05, 0.1) is 0 Å². The van der Waals surface area contributed by atoms with Crippen LogP contribution in [0.5, 0.6) is 0 Å². The molecule has 1 heterocycles. The molecular weight excluding hydrogens is 679 g/mol. The third kappa shape index (κ3) is 9.79. The van der Waals surface area contributed by atoms with Crippen molar-refractivity contribution < 1.29 is 35.5 Å². The van der Waals surface area contributed by atoms with E-state index >= 15 is 0 Å². The first-order chi connectivity index (χ1) is 21.9. The number of benzene rings is 2. The van der Waals surface area contributed by atoms with E-state index in [1.165, 1.54) is 63.2 Å². The van der Waals surface area contributed by atoms with Crippen LogP contribution < -0.4 is 26.9 Å². The number of carbonyl (C=O) groups excluding carboxylic acids is 1. The van der Waals surface area contributed by atoms with Crippen molar-refractivity contribution in [3.63, 3.8) is 0 Å². The van der Waals surface area contributed by atoms with E-state index in [0.29, 0.717) is 30.9 Å². The maximum atomic E-state index is 12.4. The van der Waals surface area contributed by atoms with Gasteiger partial charge in [0, 0.05) is 0 Å². The molecule has 45 heavy (non-hydrogen) atoms. The van der Waals surface area contributed by atoms with Crippen LogP contribution >= 0.6 is 0 Å². The van der Waals surface area contributed by atoms with Crippen molar-refractivity contribution in [1.29, 1.82) is 0 Å². The second-order valence-corrected chi connectivity index (χ2v) is 16.2. The Balaban J connectivity index is 0.952. The molecule has 248 valence electrons. The van der Waals surface area contributed by atoms with Crippen LogP contribution in [0.1, 0.15) is 75.5 Å². The quantitative estimate of drug-likeness (QED) is 0.130. The molecule has 2 aromatic carbocycles. The summed E-state index contributed by atoms with van der Waals surface area (Å²) in [6.45, 7) is 10.6. The van der Waals surface area contributed by atoms with Gasteiger partial charge in [0.1, 0.15) is 6.04 Å². The van der Waals surface area contributed by atoms with E-state index in [0.717, 1.165) is 51.0 Å². The number of aryl methyl sites for hydroxylation is 1. The van der Waals surface area contributed by atoms with Gasteiger partial charge in [-0.2, -0.15) is 0 Å². The third-order valence-corrected chi connectivity index (χ3v) is 13.7. The van der Waals surface area contributed by atoms with E-state index in [1.807, 2.05) is 12.1 Å². The van der Waals surface area contributed by atoms with Crippen molar-refractivity contribution in [1.82, 2.24) is 9.80 Å². The van der Waals surface area contributed by atoms with Crippen LogP contribution in [0.3, 0.4) is 0 Å². The van der Waals surface area contributed by atoms with E-state index in [2.05, 4.69) is 53.1 Å². The summed E-state index contributed by atoms with van der Waals surface area (Å²) in [5.41, 5.74) is 9.33. The van der Waals surface area contributed by atoms with Crippen LogP contribution in [0, 0.1) is 36.7 Å². The number of hydrogen-bond donors (Lipinski definition) is 1. The first-order valence-electron chi connectivity index (χ1n) is 17.1. The second-order valence-electron chi connectivity index (χ2n) is 13.3. The topological polar surface area (TPSA) is 97.5 Å². The van der Waals surface area contributed by atoms with Gasteiger partial charge in [-0.15, -0.1) is 0 Å². The number of rotatable bonds is 15. The summed E-state index contributed by atoms with van der Waals surface area (Å²) in [6.07, 6.45) is 10.1. The maximum absolute atomic E-state index is 12.4. The molecule has 3 fully saturated rings. The van der Waals surface area contributed by atoms with Crippen molar-refractivity contribution in [3.8, 4) is 0 Å². The number of hydrogen-bond acceptors (Lipinski definition) is 8. The molecule has 0 bridgehead atoms. The Hall–Kier alpha value is -1.92. The standard InChI is InChI=1S/C36H52IN4O4/c1-26-10-15-31(39-43)25-34(26)37-33-9-4-3-8-32(33)27(2)41-18-16-40(17-19-41)20-21-44-22-23-45-36(42)35(38)24-28-11-13-30(14-12-28)29-6-5-7-29/h3-4,8-10,15,25,27-30,35H,5-7,11-14,16-24,38H2,1-2H3/q-1/t27-,28?,30?,35?/m1/s1. The Morgan fingerprint density at radius 1 is 0.956 bits per heavy atom. The molecule has 8 nitrogen and oxygen atoms in total. The number of nitroso groups, excluding NO2 is 1. The van der Waals surface area contributed by atoms with Crippen molar-refractivity contribution >= 4 is 11.7 Å². The van der Waals surface area contributed by atoms with E-state index in [-0.39, 0.29) is 12.6 Å². The van der Waals surface area contributed by atoms with Crippen LogP contribution in [0.15, 0.2) is 47.6 Å². The minimum absolute atomic E-state index is 0.268. The van der Waals surface area contributed by atoms with Crippen LogP contribution in [-0.2, 0) is 14.3 Å². The number of nitrogens with two attached hydrogens (primary N) is 1. The van der Waals surface area contributed by atoms with Gasteiger partial charge in [0.25, 0.3) is 0 Å². The summed E-state index contributed by atoms with van der Waals surface area (Å²) in [5.74, 6) is 2.17.